The zero-order valence-electron chi connectivity index (χ0n) is 11.9. The van der Waals surface area contributed by atoms with E-state index in [4.69, 9.17) is 14.2 Å². The number of aromatic carboxylic acids is 1. The summed E-state index contributed by atoms with van der Waals surface area (Å²) in [5.41, 5.74) is 1.08. The summed E-state index contributed by atoms with van der Waals surface area (Å²) in [7, 11) is 4.57. The summed E-state index contributed by atoms with van der Waals surface area (Å²) in [6.07, 6.45) is 0. The van der Waals surface area contributed by atoms with Crippen molar-refractivity contribution in [1.29, 1.82) is 0 Å². The van der Waals surface area contributed by atoms with E-state index in [9.17, 15) is 9.90 Å². The van der Waals surface area contributed by atoms with E-state index in [1.54, 1.807) is 19.2 Å². The normalized spacial score (nSPS) is 10.4. The predicted molar refractivity (Wildman–Crippen MR) is 78.3 cm³/mol. The molecular weight excluding hydrogens is 294 g/mol. The lowest BCUT2D eigenvalue weighted by molar-refractivity contribution is 0.0697. The molecule has 1 aromatic carbocycles. The monoisotopic (exact) mass is 309 g/mol. The second kappa shape index (κ2) is 6.55. The highest BCUT2D eigenvalue weighted by Gasteiger charge is 2.21. The number of ether oxygens (including phenoxy) is 3. The maximum Gasteiger partial charge on any atom is 0.347 e. The number of aromatic nitrogens is 1. The molecule has 1 N–H and O–H groups in total. The van der Waals surface area contributed by atoms with Gasteiger partial charge < -0.3 is 19.3 Å². The van der Waals surface area contributed by atoms with Crippen LogP contribution < -0.4 is 9.47 Å². The molecule has 0 amide bonds. The number of benzene rings is 1. The molecule has 0 unspecified atom stereocenters. The first kappa shape index (κ1) is 15.3. The summed E-state index contributed by atoms with van der Waals surface area (Å²) >= 11 is 1.08. The molecule has 0 aliphatic rings. The van der Waals surface area contributed by atoms with Crippen LogP contribution in [0.3, 0.4) is 0 Å². The average molecular weight is 309 g/mol. The molecule has 6 nitrogen and oxygen atoms in total. The summed E-state index contributed by atoms with van der Waals surface area (Å²) in [6.45, 7) is 0.143. The number of carboxylic acid groups (broad SMARTS) is 1. The van der Waals surface area contributed by atoms with Crippen molar-refractivity contribution in [2.24, 2.45) is 0 Å². The van der Waals surface area contributed by atoms with Crippen molar-refractivity contribution in [2.45, 2.75) is 6.61 Å². The Hall–Kier alpha value is -2.12. The van der Waals surface area contributed by atoms with Crippen molar-refractivity contribution in [1.82, 2.24) is 4.98 Å². The third kappa shape index (κ3) is 2.98. The van der Waals surface area contributed by atoms with Gasteiger partial charge >= 0.3 is 5.97 Å². The number of para-hydroxylation sites is 1. The summed E-state index contributed by atoms with van der Waals surface area (Å²) in [6, 6.07) is 5.38. The van der Waals surface area contributed by atoms with E-state index in [-0.39, 0.29) is 11.5 Å². The highest BCUT2D eigenvalue weighted by atomic mass is 32.1. The second-order valence-corrected chi connectivity index (χ2v) is 5.07. The Morgan fingerprint density at radius 3 is 2.62 bits per heavy atom. The molecule has 0 saturated heterocycles. The number of nitrogens with zero attached hydrogens (tertiary/aromatic N) is 1. The fourth-order valence-electron chi connectivity index (χ4n) is 1.92. The molecule has 0 atom stereocenters. The number of thiazole rings is 1. The average Bonchev–Trinajstić information content (AvgIpc) is 2.90. The van der Waals surface area contributed by atoms with Gasteiger partial charge in [0.1, 0.15) is 9.88 Å². The van der Waals surface area contributed by atoms with E-state index in [0.717, 1.165) is 11.3 Å². The molecule has 0 fully saturated rings. The van der Waals surface area contributed by atoms with Crippen LogP contribution in [0.5, 0.6) is 11.5 Å². The lowest BCUT2D eigenvalue weighted by Crippen LogP contribution is -1.99. The van der Waals surface area contributed by atoms with E-state index in [1.807, 2.05) is 6.07 Å². The van der Waals surface area contributed by atoms with E-state index >= 15 is 0 Å². The third-order valence-corrected chi connectivity index (χ3v) is 3.92. The van der Waals surface area contributed by atoms with Gasteiger partial charge in [0.15, 0.2) is 11.5 Å². The molecule has 0 bridgehead atoms. The Labute approximate surface area is 125 Å². The summed E-state index contributed by atoms with van der Waals surface area (Å²) in [5.74, 6) is 0.0673. The Morgan fingerprint density at radius 2 is 2.05 bits per heavy atom. The molecule has 112 valence electrons. The first-order chi connectivity index (χ1) is 10.1. The first-order valence-electron chi connectivity index (χ1n) is 6.05. The van der Waals surface area contributed by atoms with E-state index < -0.39 is 5.97 Å². The zero-order chi connectivity index (χ0) is 15.4. The van der Waals surface area contributed by atoms with E-state index in [0.29, 0.717) is 27.8 Å². The lowest BCUT2D eigenvalue weighted by Gasteiger charge is -2.10. The Bertz CT molecular complexity index is 653. The van der Waals surface area contributed by atoms with Crippen molar-refractivity contribution < 1.29 is 24.1 Å². The van der Waals surface area contributed by atoms with Crippen LogP contribution in [-0.4, -0.2) is 37.4 Å². The van der Waals surface area contributed by atoms with Gasteiger partial charge in [-0.2, -0.15) is 0 Å². The van der Waals surface area contributed by atoms with Crippen LogP contribution in [0.25, 0.3) is 10.6 Å². The van der Waals surface area contributed by atoms with Crippen molar-refractivity contribution in [3.8, 4) is 22.1 Å². The molecule has 0 aliphatic heterocycles. The molecule has 0 spiro atoms. The minimum Gasteiger partial charge on any atom is -0.493 e. The minimum absolute atomic E-state index is 0.143. The van der Waals surface area contributed by atoms with Crippen LogP contribution in [0.4, 0.5) is 0 Å². The van der Waals surface area contributed by atoms with Crippen LogP contribution in [-0.2, 0) is 11.3 Å². The quantitative estimate of drug-likeness (QED) is 0.884. The topological polar surface area (TPSA) is 77.9 Å². The Balaban J connectivity index is 2.57. The number of methoxy groups -OCH3 is 3. The van der Waals surface area contributed by atoms with Gasteiger partial charge in [-0.05, 0) is 12.1 Å². The molecule has 2 aromatic rings. The van der Waals surface area contributed by atoms with Crippen LogP contribution in [0.15, 0.2) is 18.2 Å². The van der Waals surface area contributed by atoms with Gasteiger partial charge in [0.05, 0.1) is 32.1 Å². The van der Waals surface area contributed by atoms with Crippen LogP contribution in [0, 0.1) is 0 Å². The number of rotatable bonds is 6. The number of carboxylic acids is 1. The number of hydrogen-bond donors (Lipinski definition) is 1. The Morgan fingerprint density at radius 1 is 1.29 bits per heavy atom. The maximum atomic E-state index is 11.3. The minimum atomic E-state index is -1.02. The standard InChI is InChI=1S/C14H15NO5S/c1-18-7-9-12(14(16)17)21-13(15-9)8-5-4-6-10(19-2)11(8)20-3/h4-6H,7H2,1-3H3,(H,16,17). The molecule has 21 heavy (non-hydrogen) atoms. The molecular formula is C14H15NO5S. The van der Waals surface area contributed by atoms with Gasteiger partial charge in [0.25, 0.3) is 0 Å². The van der Waals surface area contributed by atoms with Crippen molar-refractivity contribution in [3.05, 3.63) is 28.8 Å². The summed E-state index contributed by atoms with van der Waals surface area (Å²) < 4.78 is 15.6. The highest BCUT2D eigenvalue weighted by Crippen LogP contribution is 2.40. The van der Waals surface area contributed by atoms with Gasteiger partial charge in [-0.15, -0.1) is 11.3 Å². The highest BCUT2D eigenvalue weighted by molar-refractivity contribution is 7.17. The fourth-order valence-corrected chi connectivity index (χ4v) is 2.85. The van der Waals surface area contributed by atoms with Gasteiger partial charge in [0, 0.05) is 7.11 Å². The van der Waals surface area contributed by atoms with Gasteiger partial charge in [-0.1, -0.05) is 6.07 Å². The third-order valence-electron chi connectivity index (χ3n) is 2.81. The smallest absolute Gasteiger partial charge is 0.347 e. The molecule has 0 radical (unpaired) electrons. The molecule has 0 aliphatic carbocycles. The first-order valence-corrected chi connectivity index (χ1v) is 6.87. The number of hydrogen-bond acceptors (Lipinski definition) is 6. The lowest BCUT2D eigenvalue weighted by atomic mass is 10.2. The van der Waals surface area contributed by atoms with Crippen LogP contribution >= 0.6 is 11.3 Å². The fraction of sp³-hybridized carbons (Fsp3) is 0.286. The summed E-state index contributed by atoms with van der Waals surface area (Å²) in [4.78, 5) is 15.8. The van der Waals surface area contributed by atoms with E-state index in [1.165, 1.54) is 14.2 Å². The molecule has 7 heteroatoms. The summed E-state index contributed by atoms with van der Waals surface area (Å²) in [5, 5.41) is 9.79. The SMILES string of the molecule is COCc1nc(-c2cccc(OC)c2OC)sc1C(=O)O. The Kier molecular flexibility index (Phi) is 4.77. The van der Waals surface area contributed by atoms with Gasteiger partial charge in [0.2, 0.25) is 0 Å². The maximum absolute atomic E-state index is 11.3. The zero-order valence-corrected chi connectivity index (χ0v) is 12.7. The predicted octanol–water partition coefficient (Wildman–Crippen LogP) is 2.67. The largest absolute Gasteiger partial charge is 0.493 e. The van der Waals surface area contributed by atoms with Crippen LogP contribution in [0.1, 0.15) is 15.4 Å². The molecule has 0 saturated carbocycles. The molecule has 1 heterocycles. The number of carbonyl (C=O) groups is 1. The molecule has 2 rings (SSSR count). The van der Waals surface area contributed by atoms with Crippen LogP contribution in [0.2, 0.25) is 0 Å². The van der Waals surface area contributed by atoms with Gasteiger partial charge in [-0.25, -0.2) is 9.78 Å². The van der Waals surface area contributed by atoms with Crippen molar-refractivity contribution in [2.75, 3.05) is 21.3 Å². The van der Waals surface area contributed by atoms with Crippen molar-refractivity contribution >= 4 is 17.3 Å². The van der Waals surface area contributed by atoms with Gasteiger partial charge in [-0.3, -0.25) is 0 Å². The van der Waals surface area contributed by atoms with E-state index in [2.05, 4.69) is 4.98 Å². The molecule has 1 aromatic heterocycles. The van der Waals surface area contributed by atoms with Crippen molar-refractivity contribution in [3.63, 3.8) is 0 Å². The second-order valence-electron chi connectivity index (χ2n) is 4.07.